The molecule has 0 amide bonds. The molecule has 4 nitrogen and oxygen atoms in total. The maximum Gasteiger partial charge on any atom is 0.145 e. The van der Waals surface area contributed by atoms with Crippen LogP contribution in [0.5, 0.6) is 0 Å². The fraction of sp³-hybridized carbons (Fsp3) is 0.385. The Morgan fingerprint density at radius 2 is 0.633 bits per heavy atom. The monoisotopic (exact) mass is 410 g/mol. The smallest absolute Gasteiger partial charge is 0.145 e. The SMILES string of the molecule is C=CCN(CC=C)CC(N(CC=C)CC=C)(N(CC=C)CC=C)N(CC=C)CC=C. The lowest BCUT2D eigenvalue weighted by Crippen LogP contribution is -2.74. The number of rotatable bonds is 21. The van der Waals surface area contributed by atoms with Gasteiger partial charge in [-0.1, -0.05) is 48.6 Å². The molecule has 0 spiro atoms. The minimum absolute atomic E-state index is 0.515. The summed E-state index contributed by atoms with van der Waals surface area (Å²) in [5, 5.41) is 0. The predicted molar refractivity (Wildman–Crippen MR) is 135 cm³/mol. The molecule has 0 atom stereocenters. The lowest BCUT2D eigenvalue weighted by molar-refractivity contribution is -0.160. The first-order chi connectivity index (χ1) is 14.6. The van der Waals surface area contributed by atoms with Gasteiger partial charge in [-0.05, 0) is 0 Å². The van der Waals surface area contributed by atoms with E-state index < -0.39 is 5.79 Å². The van der Waals surface area contributed by atoms with Crippen LogP contribution in [0.4, 0.5) is 0 Å². The molecule has 0 heterocycles. The standard InChI is InChI=1S/C26H42N4/c1-9-17-27(18-10-2)25-26(28(19-11-3)20-12-4,29(21-13-5)22-14-6)30(23-15-7)24-16-8/h9-16H,1-8,17-25H2. The van der Waals surface area contributed by atoms with Crippen molar-refractivity contribution in [3.63, 3.8) is 0 Å². The molecule has 0 saturated heterocycles. The molecular weight excluding hydrogens is 368 g/mol. The lowest BCUT2D eigenvalue weighted by Gasteiger charge is -2.57. The van der Waals surface area contributed by atoms with Gasteiger partial charge in [-0.3, -0.25) is 19.6 Å². The Balaban J connectivity index is 6.91. The second kappa shape index (κ2) is 16.5. The summed E-state index contributed by atoms with van der Waals surface area (Å²) in [6, 6.07) is 0. The Morgan fingerprint density at radius 1 is 0.400 bits per heavy atom. The van der Waals surface area contributed by atoms with Crippen LogP contribution >= 0.6 is 0 Å². The first-order valence-electron chi connectivity index (χ1n) is 10.4. The van der Waals surface area contributed by atoms with E-state index in [1.165, 1.54) is 0 Å². The zero-order valence-corrected chi connectivity index (χ0v) is 18.9. The van der Waals surface area contributed by atoms with Crippen LogP contribution in [0, 0.1) is 0 Å². The molecule has 0 aliphatic carbocycles. The fourth-order valence-corrected chi connectivity index (χ4v) is 3.80. The van der Waals surface area contributed by atoms with Gasteiger partial charge in [-0.15, -0.1) is 52.6 Å². The molecule has 0 rings (SSSR count). The second-order valence-electron chi connectivity index (χ2n) is 6.99. The van der Waals surface area contributed by atoms with Crippen LogP contribution < -0.4 is 0 Å². The normalized spacial score (nSPS) is 11.5. The molecule has 0 unspecified atom stereocenters. The van der Waals surface area contributed by atoms with Crippen molar-refractivity contribution in [2.75, 3.05) is 58.9 Å². The molecule has 0 radical (unpaired) electrons. The van der Waals surface area contributed by atoms with Gasteiger partial charge in [0, 0.05) is 58.9 Å². The summed E-state index contributed by atoms with van der Waals surface area (Å²) in [5.74, 6) is -0.515. The van der Waals surface area contributed by atoms with Crippen molar-refractivity contribution in [2.24, 2.45) is 0 Å². The van der Waals surface area contributed by atoms with Gasteiger partial charge < -0.3 is 0 Å². The molecule has 0 aliphatic heterocycles. The average Bonchev–Trinajstić information content (AvgIpc) is 2.72. The van der Waals surface area contributed by atoms with Gasteiger partial charge in [0.2, 0.25) is 0 Å². The lowest BCUT2D eigenvalue weighted by atomic mass is 10.1. The Labute approximate surface area is 185 Å². The van der Waals surface area contributed by atoms with E-state index in [4.69, 9.17) is 0 Å². The van der Waals surface area contributed by atoms with Crippen LogP contribution in [-0.2, 0) is 0 Å². The van der Waals surface area contributed by atoms with Crippen LogP contribution in [0.2, 0.25) is 0 Å². The number of hydrogen-bond donors (Lipinski definition) is 0. The average molecular weight is 411 g/mol. The maximum absolute atomic E-state index is 4.01. The van der Waals surface area contributed by atoms with Gasteiger partial charge in [0.1, 0.15) is 5.79 Å². The quantitative estimate of drug-likeness (QED) is 0.206. The molecule has 0 aromatic rings. The Morgan fingerprint density at radius 3 is 0.833 bits per heavy atom. The summed E-state index contributed by atoms with van der Waals surface area (Å²) < 4.78 is 0. The Hall–Kier alpha value is -2.24. The Kier molecular flexibility index (Phi) is 15.3. The highest BCUT2D eigenvalue weighted by molar-refractivity contribution is 5.04. The van der Waals surface area contributed by atoms with E-state index in [0.29, 0.717) is 39.3 Å². The molecule has 166 valence electrons. The molecule has 30 heavy (non-hydrogen) atoms. The van der Waals surface area contributed by atoms with Gasteiger partial charge >= 0.3 is 0 Å². The predicted octanol–water partition coefficient (Wildman–Crippen LogP) is 4.34. The highest BCUT2D eigenvalue weighted by Gasteiger charge is 2.46. The second-order valence-corrected chi connectivity index (χ2v) is 6.99. The van der Waals surface area contributed by atoms with E-state index >= 15 is 0 Å². The van der Waals surface area contributed by atoms with Gasteiger partial charge in [0.05, 0.1) is 0 Å². The van der Waals surface area contributed by atoms with Crippen LogP contribution in [0.3, 0.4) is 0 Å². The maximum atomic E-state index is 4.01. The summed E-state index contributed by atoms with van der Waals surface area (Å²) >= 11 is 0. The third-order valence-electron chi connectivity index (χ3n) is 4.83. The minimum atomic E-state index is -0.515. The van der Waals surface area contributed by atoms with E-state index in [2.05, 4.69) is 72.2 Å². The summed E-state index contributed by atoms with van der Waals surface area (Å²) in [7, 11) is 0. The van der Waals surface area contributed by atoms with Gasteiger partial charge in [0.25, 0.3) is 0 Å². The molecule has 0 aliphatic rings. The van der Waals surface area contributed by atoms with E-state index in [9.17, 15) is 0 Å². The highest BCUT2D eigenvalue weighted by Crippen LogP contribution is 2.28. The van der Waals surface area contributed by atoms with Gasteiger partial charge in [0.15, 0.2) is 0 Å². The molecule has 0 fully saturated rings. The van der Waals surface area contributed by atoms with E-state index in [1.54, 1.807) is 0 Å². The van der Waals surface area contributed by atoms with E-state index in [0.717, 1.165) is 19.6 Å². The van der Waals surface area contributed by atoms with Crippen molar-refractivity contribution in [3.8, 4) is 0 Å². The molecular formula is C26H42N4. The fourth-order valence-electron chi connectivity index (χ4n) is 3.80. The van der Waals surface area contributed by atoms with E-state index in [1.807, 2.05) is 48.6 Å². The topological polar surface area (TPSA) is 13.0 Å². The third-order valence-corrected chi connectivity index (χ3v) is 4.83. The summed E-state index contributed by atoms with van der Waals surface area (Å²) in [4.78, 5) is 9.47. The molecule has 0 saturated carbocycles. The van der Waals surface area contributed by atoms with Crippen molar-refractivity contribution < 1.29 is 0 Å². The third kappa shape index (κ3) is 7.88. The zero-order chi connectivity index (χ0) is 22.8. The largest absolute Gasteiger partial charge is 0.291 e. The van der Waals surface area contributed by atoms with Gasteiger partial charge in [-0.2, -0.15) is 0 Å². The minimum Gasteiger partial charge on any atom is -0.291 e. The summed E-state index contributed by atoms with van der Waals surface area (Å²) in [6.07, 6.45) is 15.5. The first-order valence-corrected chi connectivity index (χ1v) is 10.4. The molecule has 0 N–H and O–H groups in total. The summed E-state index contributed by atoms with van der Waals surface area (Å²) in [6.45, 7) is 38.3. The zero-order valence-electron chi connectivity index (χ0n) is 18.9. The molecule has 4 heteroatoms. The number of nitrogens with zero attached hydrogens (tertiary/aromatic N) is 4. The van der Waals surface area contributed by atoms with Crippen molar-refractivity contribution in [3.05, 3.63) is 101 Å². The Bertz CT molecular complexity index is 478. The van der Waals surface area contributed by atoms with Crippen molar-refractivity contribution in [2.45, 2.75) is 5.79 Å². The number of hydrogen-bond acceptors (Lipinski definition) is 4. The van der Waals surface area contributed by atoms with Crippen molar-refractivity contribution in [1.82, 2.24) is 19.6 Å². The van der Waals surface area contributed by atoms with Crippen LogP contribution in [0.1, 0.15) is 0 Å². The van der Waals surface area contributed by atoms with Crippen LogP contribution in [0.25, 0.3) is 0 Å². The molecule has 0 bridgehead atoms. The van der Waals surface area contributed by atoms with Crippen molar-refractivity contribution >= 4 is 0 Å². The van der Waals surface area contributed by atoms with Crippen LogP contribution in [-0.4, -0.2) is 84.3 Å². The summed E-state index contributed by atoms with van der Waals surface area (Å²) in [5.41, 5.74) is 0. The first kappa shape index (κ1) is 27.8. The van der Waals surface area contributed by atoms with E-state index in [-0.39, 0.29) is 0 Å². The van der Waals surface area contributed by atoms with Crippen molar-refractivity contribution in [1.29, 1.82) is 0 Å². The van der Waals surface area contributed by atoms with Crippen LogP contribution in [0.15, 0.2) is 101 Å². The molecule has 0 aromatic carbocycles. The highest BCUT2D eigenvalue weighted by atomic mass is 15.6. The van der Waals surface area contributed by atoms with Gasteiger partial charge in [-0.25, -0.2) is 0 Å². The molecule has 0 aromatic heterocycles.